The Bertz CT molecular complexity index is 1180. The van der Waals surface area contributed by atoms with Crippen molar-refractivity contribution in [3.8, 4) is 0 Å². The first-order chi connectivity index (χ1) is 16.4. The van der Waals surface area contributed by atoms with Gasteiger partial charge < -0.3 is 19.2 Å². The fourth-order valence-corrected chi connectivity index (χ4v) is 6.27. The van der Waals surface area contributed by atoms with Gasteiger partial charge in [-0.05, 0) is 64.2 Å². The van der Waals surface area contributed by atoms with Gasteiger partial charge >= 0.3 is 5.97 Å². The summed E-state index contributed by atoms with van der Waals surface area (Å²) in [6.45, 7) is 6.44. The molecular weight excluding hydrogens is 470 g/mol. The summed E-state index contributed by atoms with van der Waals surface area (Å²) in [5, 5.41) is 13.0. The number of thiophene rings is 1. The van der Waals surface area contributed by atoms with Crippen molar-refractivity contribution in [3.05, 3.63) is 45.9 Å². The third kappa shape index (κ3) is 5.38. The maximum absolute atomic E-state index is 12.9. The minimum atomic E-state index is -0.353. The van der Waals surface area contributed by atoms with Crippen LogP contribution in [-0.2, 0) is 42.4 Å². The smallest absolute Gasteiger partial charge is 0.341 e. The van der Waals surface area contributed by atoms with Crippen LogP contribution in [0.3, 0.4) is 0 Å². The lowest BCUT2D eigenvalue weighted by Gasteiger charge is -2.14. The average molecular weight is 502 g/mol. The average Bonchev–Trinajstić information content (AvgIpc) is 3.48. The Hall–Kier alpha value is -2.59. The SMILES string of the molecule is CCn1c(Cc2cccn2C)nnc1SCC(=O)Nc1sc2c(c1C(=O)OC(C)C)CCCC2. The van der Waals surface area contributed by atoms with Crippen molar-refractivity contribution in [2.45, 2.75) is 70.7 Å². The van der Waals surface area contributed by atoms with Crippen LogP contribution in [0, 0.1) is 0 Å². The number of hydrogen-bond acceptors (Lipinski definition) is 7. The van der Waals surface area contributed by atoms with Crippen molar-refractivity contribution in [1.29, 1.82) is 0 Å². The van der Waals surface area contributed by atoms with Gasteiger partial charge in [-0.1, -0.05) is 11.8 Å². The van der Waals surface area contributed by atoms with E-state index in [0.29, 0.717) is 22.1 Å². The second kappa shape index (κ2) is 10.8. The molecule has 0 saturated heterocycles. The number of rotatable bonds is 9. The van der Waals surface area contributed by atoms with E-state index < -0.39 is 0 Å². The molecule has 1 amide bonds. The van der Waals surface area contributed by atoms with Gasteiger partial charge in [-0.2, -0.15) is 0 Å². The summed E-state index contributed by atoms with van der Waals surface area (Å²) in [5.41, 5.74) is 2.73. The zero-order valence-electron chi connectivity index (χ0n) is 20.1. The van der Waals surface area contributed by atoms with Crippen LogP contribution in [0.2, 0.25) is 0 Å². The zero-order valence-corrected chi connectivity index (χ0v) is 21.7. The first-order valence-corrected chi connectivity index (χ1v) is 13.5. The van der Waals surface area contributed by atoms with Gasteiger partial charge in [-0.25, -0.2) is 4.79 Å². The number of esters is 1. The molecule has 0 spiro atoms. The quantitative estimate of drug-likeness (QED) is 0.344. The summed E-state index contributed by atoms with van der Waals surface area (Å²) >= 11 is 2.86. The summed E-state index contributed by atoms with van der Waals surface area (Å²) in [4.78, 5) is 26.9. The summed E-state index contributed by atoms with van der Waals surface area (Å²) in [5.74, 6) is 0.533. The van der Waals surface area contributed by atoms with Crippen molar-refractivity contribution in [2.75, 3.05) is 11.1 Å². The lowest BCUT2D eigenvalue weighted by molar-refractivity contribution is -0.113. The lowest BCUT2D eigenvalue weighted by Crippen LogP contribution is -2.19. The predicted octanol–water partition coefficient (Wildman–Crippen LogP) is 4.46. The molecule has 182 valence electrons. The molecule has 34 heavy (non-hydrogen) atoms. The first kappa shape index (κ1) is 24.5. The number of amides is 1. The number of carbonyl (C=O) groups excluding carboxylic acids is 2. The van der Waals surface area contributed by atoms with Crippen molar-refractivity contribution < 1.29 is 14.3 Å². The molecule has 0 aromatic carbocycles. The number of nitrogens with zero attached hydrogens (tertiary/aromatic N) is 4. The number of carbonyl (C=O) groups is 2. The topological polar surface area (TPSA) is 91.0 Å². The minimum Gasteiger partial charge on any atom is -0.459 e. The van der Waals surface area contributed by atoms with Crippen LogP contribution in [0.5, 0.6) is 0 Å². The molecule has 1 N–H and O–H groups in total. The number of anilines is 1. The van der Waals surface area contributed by atoms with Gasteiger partial charge in [-0.3, -0.25) is 4.79 Å². The Kier molecular flexibility index (Phi) is 7.77. The molecule has 1 aliphatic carbocycles. The Balaban J connectivity index is 1.45. The van der Waals surface area contributed by atoms with Crippen molar-refractivity contribution >= 4 is 40.0 Å². The number of nitrogens with one attached hydrogen (secondary N) is 1. The molecular formula is C24H31N5O3S2. The maximum Gasteiger partial charge on any atom is 0.341 e. The van der Waals surface area contributed by atoms with Gasteiger partial charge in [0.1, 0.15) is 10.8 Å². The number of aromatic nitrogens is 4. The van der Waals surface area contributed by atoms with E-state index in [0.717, 1.165) is 49.3 Å². The summed E-state index contributed by atoms with van der Waals surface area (Å²) in [6.07, 6.45) is 6.42. The first-order valence-electron chi connectivity index (χ1n) is 11.7. The minimum absolute atomic E-state index is 0.170. The van der Waals surface area contributed by atoms with Crippen LogP contribution in [0.25, 0.3) is 0 Å². The Morgan fingerprint density at radius 3 is 2.76 bits per heavy atom. The third-order valence-corrected chi connectivity index (χ3v) is 7.98. The number of thioether (sulfide) groups is 1. The highest BCUT2D eigenvalue weighted by molar-refractivity contribution is 7.99. The second-order valence-corrected chi connectivity index (χ2v) is 10.7. The molecule has 8 nitrogen and oxygen atoms in total. The Morgan fingerprint density at radius 2 is 2.06 bits per heavy atom. The van der Waals surface area contributed by atoms with Gasteiger partial charge in [0.2, 0.25) is 5.91 Å². The molecule has 3 aromatic rings. The van der Waals surface area contributed by atoms with Gasteiger partial charge in [0.25, 0.3) is 0 Å². The molecule has 0 aliphatic heterocycles. The van der Waals surface area contributed by atoms with Gasteiger partial charge in [0.05, 0.1) is 17.4 Å². The molecule has 10 heteroatoms. The van der Waals surface area contributed by atoms with E-state index in [1.165, 1.54) is 28.0 Å². The van der Waals surface area contributed by atoms with Crippen LogP contribution >= 0.6 is 23.1 Å². The largest absolute Gasteiger partial charge is 0.459 e. The van der Waals surface area contributed by atoms with E-state index in [4.69, 9.17) is 4.74 Å². The van der Waals surface area contributed by atoms with E-state index in [9.17, 15) is 9.59 Å². The second-order valence-electron chi connectivity index (χ2n) is 8.64. The van der Waals surface area contributed by atoms with Gasteiger partial charge in [-0.15, -0.1) is 21.5 Å². The summed E-state index contributed by atoms with van der Waals surface area (Å²) in [7, 11) is 2.01. The van der Waals surface area contributed by atoms with Crippen LogP contribution in [0.4, 0.5) is 5.00 Å². The number of fused-ring (bicyclic) bond motifs is 1. The fourth-order valence-electron chi connectivity index (χ4n) is 4.15. The van der Waals surface area contributed by atoms with Crippen LogP contribution < -0.4 is 5.32 Å². The normalized spacial score (nSPS) is 13.2. The Labute approximate surface area is 208 Å². The van der Waals surface area contributed by atoms with Crippen LogP contribution in [-0.4, -0.2) is 43.1 Å². The van der Waals surface area contributed by atoms with Crippen molar-refractivity contribution in [3.63, 3.8) is 0 Å². The van der Waals surface area contributed by atoms with Gasteiger partial charge in [0, 0.05) is 36.8 Å². The highest BCUT2D eigenvalue weighted by Gasteiger charge is 2.28. The molecule has 0 atom stereocenters. The van der Waals surface area contributed by atoms with Crippen LogP contribution in [0.15, 0.2) is 23.5 Å². The lowest BCUT2D eigenvalue weighted by atomic mass is 9.95. The van der Waals surface area contributed by atoms with Crippen molar-refractivity contribution in [1.82, 2.24) is 19.3 Å². The molecule has 3 aromatic heterocycles. The standard InChI is InChI=1S/C24H31N5O3S2/c1-5-29-19(13-16-9-8-12-28(16)4)26-27-24(29)33-14-20(30)25-22-21(23(31)32-15(2)3)17-10-6-7-11-18(17)34-22/h8-9,12,15H,5-7,10-11,13-14H2,1-4H3,(H,25,30). The number of ether oxygens (including phenoxy) is 1. The molecule has 4 rings (SSSR count). The van der Waals surface area contributed by atoms with E-state index in [-0.39, 0.29) is 23.7 Å². The monoisotopic (exact) mass is 501 g/mol. The van der Waals surface area contributed by atoms with Crippen LogP contribution in [0.1, 0.15) is 65.9 Å². The zero-order chi connectivity index (χ0) is 24.2. The highest BCUT2D eigenvalue weighted by Crippen LogP contribution is 2.39. The summed E-state index contributed by atoms with van der Waals surface area (Å²) < 4.78 is 9.59. The highest BCUT2D eigenvalue weighted by atomic mass is 32.2. The van der Waals surface area contributed by atoms with E-state index in [1.807, 2.05) is 44.6 Å². The molecule has 3 heterocycles. The van der Waals surface area contributed by atoms with Crippen molar-refractivity contribution in [2.24, 2.45) is 7.05 Å². The van der Waals surface area contributed by atoms with Gasteiger partial charge in [0.15, 0.2) is 5.16 Å². The summed E-state index contributed by atoms with van der Waals surface area (Å²) in [6, 6.07) is 4.08. The maximum atomic E-state index is 12.9. The number of aryl methyl sites for hydroxylation is 2. The molecule has 0 radical (unpaired) electrons. The Morgan fingerprint density at radius 1 is 1.26 bits per heavy atom. The molecule has 0 bridgehead atoms. The molecule has 1 aliphatic rings. The molecule has 0 fully saturated rings. The predicted molar refractivity (Wildman–Crippen MR) is 135 cm³/mol. The fraction of sp³-hybridized carbons (Fsp3) is 0.500. The van der Waals surface area contributed by atoms with E-state index in [1.54, 1.807) is 0 Å². The number of hydrogen-bond donors (Lipinski definition) is 1. The molecule has 0 unspecified atom stereocenters. The third-order valence-electron chi connectivity index (χ3n) is 5.80. The molecule has 0 saturated carbocycles. The van der Waals surface area contributed by atoms with E-state index in [2.05, 4.69) is 26.1 Å². The van der Waals surface area contributed by atoms with E-state index >= 15 is 0 Å².